The number of carbonyl (C=O) groups excluding carboxylic acids is 1. The van der Waals surface area contributed by atoms with E-state index in [2.05, 4.69) is 25.2 Å². The summed E-state index contributed by atoms with van der Waals surface area (Å²) < 4.78 is 7.56. The van der Waals surface area contributed by atoms with E-state index in [0.29, 0.717) is 43.4 Å². The summed E-state index contributed by atoms with van der Waals surface area (Å²) >= 11 is 0. The first-order valence-corrected chi connectivity index (χ1v) is 10.8. The summed E-state index contributed by atoms with van der Waals surface area (Å²) in [7, 11) is 0. The lowest BCUT2D eigenvalue weighted by Crippen LogP contribution is -2.49. The molecule has 0 bridgehead atoms. The number of piperazine rings is 1. The summed E-state index contributed by atoms with van der Waals surface area (Å²) in [4.78, 5) is 21.2. The number of pyridine rings is 1. The fourth-order valence-corrected chi connectivity index (χ4v) is 4.09. The number of hydrogen-bond donors (Lipinski definition) is 0. The lowest BCUT2D eigenvalue weighted by atomic mass is 10.2. The van der Waals surface area contributed by atoms with Crippen LogP contribution in [0.1, 0.15) is 36.0 Å². The molecule has 4 heterocycles. The topological polar surface area (TPSA) is 89.3 Å². The first-order valence-electron chi connectivity index (χ1n) is 10.8. The zero-order valence-corrected chi connectivity index (χ0v) is 17.3. The van der Waals surface area contributed by atoms with Gasteiger partial charge >= 0.3 is 0 Å². The fourth-order valence-electron chi connectivity index (χ4n) is 4.09. The SMILES string of the molecule is O=C(c1ccc(OC2CCCC2)nc1)N1CCN(c2ccc(-n3cccn3)nn2)CC1. The van der Waals surface area contributed by atoms with E-state index in [9.17, 15) is 4.79 Å². The van der Waals surface area contributed by atoms with Crippen LogP contribution in [0.2, 0.25) is 0 Å². The van der Waals surface area contributed by atoms with E-state index in [4.69, 9.17) is 4.74 Å². The Bertz CT molecular complexity index is 991. The predicted molar refractivity (Wildman–Crippen MR) is 114 cm³/mol. The molecule has 5 rings (SSSR count). The molecule has 2 fully saturated rings. The lowest BCUT2D eigenvalue weighted by Gasteiger charge is -2.35. The maximum atomic E-state index is 12.9. The second-order valence-electron chi connectivity index (χ2n) is 7.89. The van der Waals surface area contributed by atoms with Crippen LogP contribution < -0.4 is 9.64 Å². The minimum Gasteiger partial charge on any atom is -0.474 e. The Morgan fingerprint density at radius 2 is 1.74 bits per heavy atom. The monoisotopic (exact) mass is 419 g/mol. The first-order chi connectivity index (χ1) is 15.3. The van der Waals surface area contributed by atoms with Crippen LogP contribution in [0, 0.1) is 0 Å². The van der Waals surface area contributed by atoms with Gasteiger partial charge in [-0.15, -0.1) is 10.2 Å². The van der Waals surface area contributed by atoms with Crippen molar-refractivity contribution < 1.29 is 9.53 Å². The summed E-state index contributed by atoms with van der Waals surface area (Å²) in [6.45, 7) is 2.67. The summed E-state index contributed by atoms with van der Waals surface area (Å²) in [5, 5.41) is 12.7. The number of carbonyl (C=O) groups is 1. The Balaban J connectivity index is 1.16. The number of anilines is 1. The average molecular weight is 419 g/mol. The quantitative estimate of drug-likeness (QED) is 0.627. The Kier molecular flexibility index (Phi) is 5.47. The fraction of sp³-hybridized carbons (Fsp3) is 0.409. The van der Waals surface area contributed by atoms with E-state index >= 15 is 0 Å². The first kappa shape index (κ1) is 19.5. The molecule has 1 saturated carbocycles. The van der Waals surface area contributed by atoms with Crippen molar-refractivity contribution in [3.8, 4) is 11.7 Å². The molecule has 1 saturated heterocycles. The van der Waals surface area contributed by atoms with Crippen molar-refractivity contribution in [2.75, 3.05) is 31.1 Å². The minimum absolute atomic E-state index is 0.000296. The normalized spacial score (nSPS) is 17.2. The van der Waals surface area contributed by atoms with Gasteiger partial charge in [0, 0.05) is 50.8 Å². The third kappa shape index (κ3) is 4.35. The van der Waals surface area contributed by atoms with E-state index in [0.717, 1.165) is 18.7 Å². The smallest absolute Gasteiger partial charge is 0.255 e. The maximum absolute atomic E-state index is 12.9. The number of hydrogen-bond acceptors (Lipinski definition) is 7. The zero-order valence-electron chi connectivity index (χ0n) is 17.3. The van der Waals surface area contributed by atoms with Gasteiger partial charge in [0.25, 0.3) is 5.91 Å². The van der Waals surface area contributed by atoms with Crippen LogP contribution in [0.15, 0.2) is 48.9 Å². The van der Waals surface area contributed by atoms with Crippen molar-refractivity contribution in [1.29, 1.82) is 0 Å². The molecule has 0 radical (unpaired) electrons. The minimum atomic E-state index is -0.000296. The van der Waals surface area contributed by atoms with Crippen molar-refractivity contribution >= 4 is 11.7 Å². The molecule has 1 aliphatic carbocycles. The molecule has 9 nitrogen and oxygen atoms in total. The van der Waals surface area contributed by atoms with E-state index in [1.807, 2.05) is 35.4 Å². The highest BCUT2D eigenvalue weighted by Gasteiger charge is 2.24. The Hall–Kier alpha value is -3.49. The highest BCUT2D eigenvalue weighted by Crippen LogP contribution is 2.23. The van der Waals surface area contributed by atoms with Gasteiger partial charge in [0.15, 0.2) is 11.6 Å². The van der Waals surface area contributed by atoms with Gasteiger partial charge in [-0.3, -0.25) is 4.79 Å². The van der Waals surface area contributed by atoms with Gasteiger partial charge < -0.3 is 14.5 Å². The van der Waals surface area contributed by atoms with Gasteiger partial charge in [-0.25, -0.2) is 9.67 Å². The van der Waals surface area contributed by atoms with Gasteiger partial charge in [-0.2, -0.15) is 5.10 Å². The molecule has 3 aromatic heterocycles. The van der Waals surface area contributed by atoms with Gasteiger partial charge in [0.2, 0.25) is 5.88 Å². The molecule has 0 unspecified atom stereocenters. The van der Waals surface area contributed by atoms with Crippen molar-refractivity contribution in [2.45, 2.75) is 31.8 Å². The standard InChI is InChI=1S/C22H25N7O2/c30-22(17-6-9-21(23-16-17)31-18-4-1-2-5-18)28-14-12-27(13-15-28)19-7-8-20(26-25-19)29-11-3-10-24-29/h3,6-11,16,18H,1-2,4-5,12-15H2. The van der Waals surface area contributed by atoms with E-state index in [-0.39, 0.29) is 12.0 Å². The Morgan fingerprint density at radius 3 is 2.39 bits per heavy atom. The Labute approximate surface area is 180 Å². The van der Waals surface area contributed by atoms with Crippen molar-refractivity contribution in [2.24, 2.45) is 0 Å². The van der Waals surface area contributed by atoms with E-state index in [1.54, 1.807) is 23.1 Å². The second-order valence-corrected chi connectivity index (χ2v) is 7.89. The van der Waals surface area contributed by atoms with Gasteiger partial charge in [0.1, 0.15) is 6.10 Å². The lowest BCUT2D eigenvalue weighted by molar-refractivity contribution is 0.0746. The second kappa shape index (κ2) is 8.71. The molecule has 1 aliphatic heterocycles. The molecule has 9 heteroatoms. The van der Waals surface area contributed by atoms with Crippen molar-refractivity contribution in [3.63, 3.8) is 0 Å². The highest BCUT2D eigenvalue weighted by molar-refractivity contribution is 5.94. The summed E-state index contributed by atoms with van der Waals surface area (Å²) in [6, 6.07) is 9.30. The number of ether oxygens (including phenoxy) is 1. The number of rotatable bonds is 5. The number of amides is 1. The van der Waals surface area contributed by atoms with Crippen LogP contribution in [0.5, 0.6) is 5.88 Å². The van der Waals surface area contributed by atoms with Crippen LogP contribution in [0.25, 0.3) is 5.82 Å². The van der Waals surface area contributed by atoms with Crippen LogP contribution in [-0.4, -0.2) is 68.1 Å². The highest BCUT2D eigenvalue weighted by atomic mass is 16.5. The van der Waals surface area contributed by atoms with Crippen molar-refractivity contribution in [3.05, 3.63) is 54.5 Å². The molecule has 2 aliphatic rings. The van der Waals surface area contributed by atoms with Gasteiger partial charge in [-0.1, -0.05) is 0 Å². The zero-order chi connectivity index (χ0) is 21.0. The molecule has 31 heavy (non-hydrogen) atoms. The molecular weight excluding hydrogens is 394 g/mol. The summed E-state index contributed by atoms with van der Waals surface area (Å²) in [6.07, 6.45) is 10.0. The average Bonchev–Trinajstić information content (AvgIpc) is 3.54. The number of aromatic nitrogens is 5. The van der Waals surface area contributed by atoms with Gasteiger partial charge in [-0.05, 0) is 49.9 Å². The van der Waals surface area contributed by atoms with Crippen LogP contribution >= 0.6 is 0 Å². The van der Waals surface area contributed by atoms with E-state index < -0.39 is 0 Å². The van der Waals surface area contributed by atoms with Crippen LogP contribution in [-0.2, 0) is 0 Å². The van der Waals surface area contributed by atoms with Crippen LogP contribution in [0.3, 0.4) is 0 Å². The Morgan fingerprint density at radius 1 is 0.968 bits per heavy atom. The van der Waals surface area contributed by atoms with Crippen LogP contribution in [0.4, 0.5) is 5.82 Å². The van der Waals surface area contributed by atoms with E-state index in [1.165, 1.54) is 12.8 Å². The third-order valence-electron chi connectivity index (χ3n) is 5.84. The predicted octanol–water partition coefficient (Wildman–Crippen LogP) is 2.34. The number of nitrogens with zero attached hydrogens (tertiary/aromatic N) is 7. The summed E-state index contributed by atoms with van der Waals surface area (Å²) in [5.41, 5.74) is 0.593. The molecule has 0 N–H and O–H groups in total. The third-order valence-corrected chi connectivity index (χ3v) is 5.84. The molecule has 1 amide bonds. The molecule has 0 atom stereocenters. The molecule has 3 aromatic rings. The van der Waals surface area contributed by atoms with Gasteiger partial charge in [0.05, 0.1) is 5.56 Å². The molecule has 0 spiro atoms. The maximum Gasteiger partial charge on any atom is 0.255 e. The molecule has 160 valence electrons. The summed E-state index contributed by atoms with van der Waals surface area (Å²) in [5.74, 6) is 2.08. The van der Waals surface area contributed by atoms with Crippen molar-refractivity contribution in [1.82, 2.24) is 29.9 Å². The molecule has 0 aromatic carbocycles. The largest absolute Gasteiger partial charge is 0.474 e. The molecular formula is C22H25N7O2.